The van der Waals surface area contributed by atoms with E-state index in [0.717, 1.165) is 18.4 Å². The summed E-state index contributed by atoms with van der Waals surface area (Å²) in [5.74, 6) is 1.68. The van der Waals surface area contributed by atoms with Crippen LogP contribution < -0.4 is 10.6 Å². The third-order valence-electron chi connectivity index (χ3n) is 6.01. The Labute approximate surface area is 203 Å². The molecule has 1 aliphatic carbocycles. The van der Waals surface area contributed by atoms with Crippen LogP contribution in [0.1, 0.15) is 32.3 Å². The van der Waals surface area contributed by atoms with Gasteiger partial charge in [0.05, 0.1) is 29.1 Å². The number of hydrogen-bond donors (Lipinski definition) is 3. The molecule has 1 fully saturated rings. The summed E-state index contributed by atoms with van der Waals surface area (Å²) in [6, 6.07) is 8.61. The summed E-state index contributed by atoms with van der Waals surface area (Å²) in [6.07, 6.45) is 4.87. The van der Waals surface area contributed by atoms with E-state index in [0.29, 0.717) is 22.9 Å². The number of aliphatic hydroxyl groups is 1. The van der Waals surface area contributed by atoms with Gasteiger partial charge in [-0.25, -0.2) is 17.1 Å². The van der Waals surface area contributed by atoms with Gasteiger partial charge in [-0.3, -0.25) is 0 Å². The fourth-order valence-electron chi connectivity index (χ4n) is 3.94. The lowest BCUT2D eigenvalue weighted by molar-refractivity contribution is 0.167. The molecule has 1 aliphatic rings. The van der Waals surface area contributed by atoms with Crippen molar-refractivity contribution in [1.82, 2.24) is 28.9 Å². The van der Waals surface area contributed by atoms with Crippen LogP contribution in [0.4, 0.5) is 17.6 Å². The minimum Gasteiger partial charge on any atom is -0.391 e. The Bertz CT molecular complexity index is 1460. The first-order valence-corrected chi connectivity index (χ1v) is 13.0. The number of aromatic nitrogens is 6. The topological polar surface area (TPSA) is 140 Å². The molecule has 184 valence electrons. The summed E-state index contributed by atoms with van der Waals surface area (Å²) in [6.45, 7) is 5.95. The molecule has 11 nitrogen and oxygen atoms in total. The Morgan fingerprint density at radius 3 is 2.57 bits per heavy atom. The van der Waals surface area contributed by atoms with Gasteiger partial charge in [0.2, 0.25) is 5.95 Å². The quantitative estimate of drug-likeness (QED) is 0.319. The lowest BCUT2D eigenvalue weighted by Crippen LogP contribution is -2.19. The average Bonchev–Trinajstić information content (AvgIpc) is 3.42. The van der Waals surface area contributed by atoms with Gasteiger partial charge < -0.3 is 15.7 Å². The first-order chi connectivity index (χ1) is 16.7. The minimum absolute atomic E-state index is 0.177. The normalized spacial score (nSPS) is 15.8. The molecule has 0 amide bonds. The van der Waals surface area contributed by atoms with E-state index in [1.807, 2.05) is 6.92 Å². The van der Waals surface area contributed by atoms with Crippen molar-refractivity contribution in [3.05, 3.63) is 48.3 Å². The zero-order chi connectivity index (χ0) is 24.7. The second-order valence-electron chi connectivity index (χ2n) is 9.13. The summed E-state index contributed by atoms with van der Waals surface area (Å²) < 4.78 is 29.6. The fourth-order valence-corrected chi connectivity index (χ4v) is 5.23. The number of fused-ring (bicyclic) bond motifs is 1. The molecule has 1 aromatic carbocycles. The van der Waals surface area contributed by atoms with Crippen molar-refractivity contribution in [2.45, 2.75) is 57.2 Å². The van der Waals surface area contributed by atoms with Crippen LogP contribution >= 0.6 is 0 Å². The second-order valence-corrected chi connectivity index (χ2v) is 10.9. The van der Waals surface area contributed by atoms with Crippen LogP contribution in [0.15, 0.2) is 47.6 Å². The Morgan fingerprint density at radius 2 is 1.89 bits per heavy atom. The van der Waals surface area contributed by atoms with Gasteiger partial charge in [0, 0.05) is 12.2 Å². The van der Waals surface area contributed by atoms with Crippen LogP contribution in [0, 0.1) is 12.8 Å². The first kappa shape index (κ1) is 23.2. The standard InChI is InChI=1S/C23H28N8O3S/c1-14-4-8-18(9-5-14)35(33,34)31-11-10-19-21(24-16(3)17-6-7-17)26-23(27-22(19)31)25-20-13-30(29-28-20)12-15(2)32/h4-5,8-11,13,15-17,32H,6-7,12H2,1-3H3,(H2,24,25,26,27)/t15?,16-/m0/s1. The molecule has 3 aromatic heterocycles. The van der Waals surface area contributed by atoms with E-state index in [1.54, 1.807) is 43.5 Å². The molecule has 3 heterocycles. The highest BCUT2D eigenvalue weighted by Crippen LogP contribution is 2.35. The molecule has 12 heteroatoms. The van der Waals surface area contributed by atoms with Crippen LogP contribution in [-0.2, 0) is 16.6 Å². The summed E-state index contributed by atoms with van der Waals surface area (Å²) in [7, 11) is -3.88. The number of anilines is 3. The monoisotopic (exact) mass is 496 g/mol. The van der Waals surface area contributed by atoms with Crippen molar-refractivity contribution < 1.29 is 13.5 Å². The smallest absolute Gasteiger partial charge is 0.269 e. The summed E-state index contributed by atoms with van der Waals surface area (Å²) in [5, 5.41) is 24.7. The van der Waals surface area contributed by atoms with Gasteiger partial charge in [-0.05, 0) is 57.7 Å². The zero-order valence-corrected chi connectivity index (χ0v) is 20.6. The van der Waals surface area contributed by atoms with Gasteiger partial charge in [0.25, 0.3) is 10.0 Å². The number of benzene rings is 1. The number of rotatable bonds is 9. The highest BCUT2D eigenvalue weighted by molar-refractivity contribution is 7.90. The van der Waals surface area contributed by atoms with Gasteiger partial charge >= 0.3 is 0 Å². The van der Waals surface area contributed by atoms with Crippen LogP contribution in [0.2, 0.25) is 0 Å². The van der Waals surface area contributed by atoms with Crippen molar-refractivity contribution in [3.8, 4) is 0 Å². The van der Waals surface area contributed by atoms with Gasteiger partial charge in [-0.15, -0.1) is 5.10 Å². The number of aryl methyl sites for hydroxylation is 1. The van der Waals surface area contributed by atoms with Crippen LogP contribution in [0.25, 0.3) is 11.0 Å². The molecule has 1 unspecified atom stereocenters. The third-order valence-corrected chi connectivity index (χ3v) is 7.69. The van der Waals surface area contributed by atoms with E-state index in [2.05, 4.69) is 37.8 Å². The Morgan fingerprint density at radius 1 is 1.14 bits per heavy atom. The van der Waals surface area contributed by atoms with Crippen molar-refractivity contribution in [2.75, 3.05) is 10.6 Å². The first-order valence-electron chi connectivity index (χ1n) is 11.5. The van der Waals surface area contributed by atoms with Crippen molar-refractivity contribution in [1.29, 1.82) is 0 Å². The Hall–Kier alpha value is -3.51. The second kappa shape index (κ2) is 8.93. The van der Waals surface area contributed by atoms with E-state index in [1.165, 1.54) is 14.9 Å². The summed E-state index contributed by atoms with van der Waals surface area (Å²) in [5.41, 5.74) is 1.23. The van der Waals surface area contributed by atoms with Gasteiger partial charge in [0.15, 0.2) is 11.5 Å². The van der Waals surface area contributed by atoms with Crippen LogP contribution in [0.3, 0.4) is 0 Å². The maximum Gasteiger partial charge on any atom is 0.269 e. The number of nitrogens with zero attached hydrogens (tertiary/aromatic N) is 6. The molecule has 3 N–H and O–H groups in total. The predicted octanol–water partition coefficient (Wildman–Crippen LogP) is 2.90. The highest BCUT2D eigenvalue weighted by Gasteiger charge is 2.29. The lowest BCUT2D eigenvalue weighted by atomic mass is 10.2. The molecule has 35 heavy (non-hydrogen) atoms. The molecule has 4 aromatic rings. The molecule has 2 atom stereocenters. The maximum absolute atomic E-state index is 13.5. The molecule has 5 rings (SSSR count). The molecular formula is C23H28N8O3S. The summed E-state index contributed by atoms with van der Waals surface area (Å²) in [4.78, 5) is 9.34. The van der Waals surface area contributed by atoms with E-state index < -0.39 is 16.1 Å². The molecule has 1 saturated carbocycles. The molecule has 0 radical (unpaired) electrons. The molecule has 0 spiro atoms. The zero-order valence-electron chi connectivity index (χ0n) is 19.8. The predicted molar refractivity (Wildman–Crippen MR) is 132 cm³/mol. The largest absolute Gasteiger partial charge is 0.391 e. The third kappa shape index (κ3) is 4.84. The van der Waals surface area contributed by atoms with E-state index in [4.69, 9.17) is 0 Å². The van der Waals surface area contributed by atoms with Crippen molar-refractivity contribution in [3.63, 3.8) is 0 Å². The average molecular weight is 497 g/mol. The van der Waals surface area contributed by atoms with Crippen LogP contribution in [0.5, 0.6) is 0 Å². The number of nitrogens with one attached hydrogen (secondary N) is 2. The van der Waals surface area contributed by atoms with Crippen LogP contribution in [-0.4, -0.2) is 54.6 Å². The Kier molecular flexibility index (Phi) is 5.93. The van der Waals surface area contributed by atoms with Crippen molar-refractivity contribution >= 4 is 38.6 Å². The van der Waals surface area contributed by atoms with E-state index in [-0.39, 0.29) is 29.1 Å². The van der Waals surface area contributed by atoms with Gasteiger partial charge in [-0.2, -0.15) is 9.97 Å². The fraction of sp³-hybridized carbons (Fsp3) is 0.391. The SMILES string of the molecule is Cc1ccc(S(=O)(=O)n2ccc3c(N[C@@H](C)C4CC4)nc(Nc4cn(CC(C)O)nn4)nc32)cc1. The van der Waals surface area contributed by atoms with E-state index >= 15 is 0 Å². The number of hydrogen-bond acceptors (Lipinski definition) is 9. The molecular weight excluding hydrogens is 468 g/mol. The highest BCUT2D eigenvalue weighted by atomic mass is 32.2. The Balaban J connectivity index is 1.56. The molecule has 0 bridgehead atoms. The number of aliphatic hydroxyl groups excluding tert-OH is 1. The summed E-state index contributed by atoms with van der Waals surface area (Å²) >= 11 is 0. The maximum atomic E-state index is 13.5. The minimum atomic E-state index is -3.88. The van der Waals surface area contributed by atoms with Gasteiger partial charge in [0.1, 0.15) is 5.82 Å². The lowest BCUT2D eigenvalue weighted by Gasteiger charge is -2.15. The van der Waals surface area contributed by atoms with E-state index in [9.17, 15) is 13.5 Å². The van der Waals surface area contributed by atoms with Crippen molar-refractivity contribution in [2.24, 2.45) is 5.92 Å². The molecule has 0 saturated heterocycles. The van der Waals surface area contributed by atoms with Gasteiger partial charge in [-0.1, -0.05) is 22.9 Å². The molecule has 0 aliphatic heterocycles.